The minimum atomic E-state index is -0.766. The highest BCUT2D eigenvalue weighted by Gasteiger charge is 2.35. The molecule has 0 spiro atoms. The van der Waals surface area contributed by atoms with Crippen molar-refractivity contribution in [1.82, 2.24) is 0 Å². The summed E-state index contributed by atoms with van der Waals surface area (Å²) in [5.41, 5.74) is 3.25. The van der Waals surface area contributed by atoms with E-state index in [1.54, 1.807) is 0 Å². The molecule has 1 unspecified atom stereocenters. The number of carbonyl (C=O) groups is 1. The molecule has 1 aromatic carbocycles. The lowest BCUT2D eigenvalue weighted by molar-refractivity contribution is -0.145. The molecule has 1 atom stereocenters. The second-order valence-corrected chi connectivity index (χ2v) is 5.94. The minimum absolute atomic E-state index is 0.579. The number of benzene rings is 1. The molecule has 104 valence electrons. The SMILES string of the molecule is O=C(O)C1(Cc2ccc3c(c2)CCCC3)C=CC=CC1. The van der Waals surface area contributed by atoms with Gasteiger partial charge >= 0.3 is 5.97 Å². The summed E-state index contributed by atoms with van der Waals surface area (Å²) in [5, 5.41) is 9.60. The largest absolute Gasteiger partial charge is 0.481 e. The van der Waals surface area contributed by atoms with Gasteiger partial charge in [-0.05, 0) is 55.2 Å². The van der Waals surface area contributed by atoms with Crippen LogP contribution in [0.5, 0.6) is 0 Å². The Kier molecular flexibility index (Phi) is 3.47. The van der Waals surface area contributed by atoms with Crippen molar-refractivity contribution in [1.29, 1.82) is 0 Å². The van der Waals surface area contributed by atoms with Crippen LogP contribution in [0.4, 0.5) is 0 Å². The standard InChI is InChI=1S/C18H20O2/c19-17(20)18(10-4-1-5-11-18)13-14-8-9-15-6-2-3-7-16(15)12-14/h1,4-5,8-10,12H,2-3,6-7,11,13H2,(H,19,20). The van der Waals surface area contributed by atoms with E-state index in [-0.39, 0.29) is 0 Å². The first-order chi connectivity index (χ1) is 9.70. The first kappa shape index (κ1) is 13.2. The lowest BCUT2D eigenvalue weighted by atomic mass is 9.76. The quantitative estimate of drug-likeness (QED) is 0.907. The maximum atomic E-state index is 11.7. The molecular weight excluding hydrogens is 248 g/mol. The number of hydrogen-bond donors (Lipinski definition) is 1. The molecule has 0 fully saturated rings. The van der Waals surface area contributed by atoms with Gasteiger partial charge in [0, 0.05) is 0 Å². The van der Waals surface area contributed by atoms with E-state index in [0.29, 0.717) is 12.8 Å². The van der Waals surface area contributed by atoms with Gasteiger partial charge in [0.15, 0.2) is 0 Å². The number of aliphatic carboxylic acids is 1. The van der Waals surface area contributed by atoms with E-state index in [1.165, 1.54) is 30.4 Å². The Hall–Kier alpha value is -1.83. The lowest BCUT2D eigenvalue weighted by Gasteiger charge is -2.27. The molecule has 2 heteroatoms. The molecule has 3 rings (SSSR count). The number of allylic oxidation sites excluding steroid dienone is 3. The monoisotopic (exact) mass is 268 g/mol. The zero-order chi connectivity index (χ0) is 14.0. The first-order valence-electron chi connectivity index (χ1n) is 7.38. The van der Waals surface area contributed by atoms with Crippen LogP contribution < -0.4 is 0 Å². The summed E-state index contributed by atoms with van der Waals surface area (Å²) in [5.74, 6) is -0.726. The molecule has 0 saturated carbocycles. The first-order valence-corrected chi connectivity index (χ1v) is 7.38. The predicted molar refractivity (Wildman–Crippen MR) is 79.8 cm³/mol. The van der Waals surface area contributed by atoms with Crippen LogP contribution in [0.15, 0.2) is 42.5 Å². The van der Waals surface area contributed by atoms with E-state index < -0.39 is 11.4 Å². The third-order valence-electron chi connectivity index (χ3n) is 4.50. The third kappa shape index (κ3) is 2.43. The van der Waals surface area contributed by atoms with Crippen LogP contribution in [-0.2, 0) is 24.1 Å². The maximum Gasteiger partial charge on any atom is 0.314 e. The van der Waals surface area contributed by atoms with Crippen LogP contribution in [0, 0.1) is 5.41 Å². The van der Waals surface area contributed by atoms with Gasteiger partial charge < -0.3 is 5.11 Å². The van der Waals surface area contributed by atoms with Gasteiger partial charge in [0.1, 0.15) is 0 Å². The number of carboxylic acids is 1. The average molecular weight is 268 g/mol. The summed E-state index contributed by atoms with van der Waals surface area (Å²) in [6.07, 6.45) is 13.6. The fourth-order valence-corrected chi connectivity index (χ4v) is 3.29. The molecule has 1 N–H and O–H groups in total. The van der Waals surface area contributed by atoms with E-state index in [0.717, 1.165) is 12.0 Å². The predicted octanol–water partition coefficient (Wildman–Crippen LogP) is 3.70. The van der Waals surface area contributed by atoms with Crippen LogP contribution in [0.25, 0.3) is 0 Å². The molecule has 0 bridgehead atoms. The summed E-state index contributed by atoms with van der Waals surface area (Å²) in [6, 6.07) is 6.54. The zero-order valence-electron chi connectivity index (χ0n) is 11.6. The molecule has 0 aromatic heterocycles. The van der Waals surface area contributed by atoms with E-state index >= 15 is 0 Å². The van der Waals surface area contributed by atoms with Gasteiger partial charge in [-0.25, -0.2) is 0 Å². The smallest absolute Gasteiger partial charge is 0.314 e. The highest BCUT2D eigenvalue weighted by molar-refractivity contribution is 5.78. The molecule has 0 aliphatic heterocycles. The molecule has 2 aliphatic rings. The number of fused-ring (bicyclic) bond motifs is 1. The summed E-state index contributed by atoms with van der Waals surface area (Å²) in [4.78, 5) is 11.7. The normalized spacial score (nSPS) is 24.4. The van der Waals surface area contributed by atoms with Gasteiger partial charge in [0.2, 0.25) is 0 Å². The fraction of sp³-hybridized carbons (Fsp3) is 0.389. The zero-order valence-corrected chi connectivity index (χ0v) is 11.6. The summed E-state index contributed by atoms with van der Waals surface area (Å²) < 4.78 is 0. The molecule has 2 nitrogen and oxygen atoms in total. The van der Waals surface area contributed by atoms with Crippen molar-refractivity contribution in [3.63, 3.8) is 0 Å². The van der Waals surface area contributed by atoms with Crippen molar-refractivity contribution in [2.24, 2.45) is 5.41 Å². The fourth-order valence-electron chi connectivity index (χ4n) is 3.29. The maximum absolute atomic E-state index is 11.7. The highest BCUT2D eigenvalue weighted by Crippen LogP contribution is 2.33. The Balaban J connectivity index is 1.88. The molecule has 20 heavy (non-hydrogen) atoms. The Labute approximate surface area is 119 Å². The summed E-state index contributed by atoms with van der Waals surface area (Å²) in [7, 11) is 0. The summed E-state index contributed by atoms with van der Waals surface area (Å²) in [6.45, 7) is 0. The Morgan fingerprint density at radius 3 is 2.65 bits per heavy atom. The van der Waals surface area contributed by atoms with Gasteiger partial charge in [-0.15, -0.1) is 0 Å². The van der Waals surface area contributed by atoms with E-state index in [2.05, 4.69) is 18.2 Å². The minimum Gasteiger partial charge on any atom is -0.481 e. The molecule has 1 aromatic rings. The van der Waals surface area contributed by atoms with E-state index in [4.69, 9.17) is 0 Å². The van der Waals surface area contributed by atoms with Crippen molar-refractivity contribution in [3.8, 4) is 0 Å². The third-order valence-corrected chi connectivity index (χ3v) is 4.50. The van der Waals surface area contributed by atoms with Crippen LogP contribution in [0.3, 0.4) is 0 Å². The van der Waals surface area contributed by atoms with Crippen molar-refractivity contribution >= 4 is 5.97 Å². The van der Waals surface area contributed by atoms with Gasteiger partial charge in [-0.1, -0.05) is 42.5 Å². The molecule has 0 radical (unpaired) electrons. The van der Waals surface area contributed by atoms with Crippen LogP contribution in [0.1, 0.15) is 36.0 Å². The second-order valence-electron chi connectivity index (χ2n) is 5.94. The molecule has 0 heterocycles. The van der Waals surface area contributed by atoms with E-state index in [1.807, 2.05) is 24.3 Å². The summed E-state index contributed by atoms with van der Waals surface area (Å²) >= 11 is 0. The number of carboxylic acid groups (broad SMARTS) is 1. The van der Waals surface area contributed by atoms with Crippen molar-refractivity contribution in [2.75, 3.05) is 0 Å². The van der Waals surface area contributed by atoms with Gasteiger partial charge in [-0.3, -0.25) is 4.79 Å². The average Bonchev–Trinajstić information content (AvgIpc) is 2.48. The highest BCUT2D eigenvalue weighted by atomic mass is 16.4. The lowest BCUT2D eigenvalue weighted by Crippen LogP contribution is -2.31. The molecular formula is C18H20O2. The molecule has 2 aliphatic carbocycles. The Bertz CT molecular complexity index is 583. The molecule has 0 amide bonds. The second kappa shape index (κ2) is 5.28. The topological polar surface area (TPSA) is 37.3 Å². The van der Waals surface area contributed by atoms with Crippen molar-refractivity contribution in [3.05, 3.63) is 59.2 Å². The van der Waals surface area contributed by atoms with Crippen LogP contribution in [-0.4, -0.2) is 11.1 Å². The number of rotatable bonds is 3. The van der Waals surface area contributed by atoms with Crippen molar-refractivity contribution in [2.45, 2.75) is 38.5 Å². The van der Waals surface area contributed by atoms with Gasteiger partial charge in [0.05, 0.1) is 5.41 Å². The Morgan fingerprint density at radius 1 is 1.15 bits per heavy atom. The van der Waals surface area contributed by atoms with Crippen LogP contribution in [0.2, 0.25) is 0 Å². The number of aryl methyl sites for hydroxylation is 2. The van der Waals surface area contributed by atoms with Gasteiger partial charge in [0.25, 0.3) is 0 Å². The van der Waals surface area contributed by atoms with Crippen LogP contribution >= 0.6 is 0 Å². The van der Waals surface area contributed by atoms with Gasteiger partial charge in [-0.2, -0.15) is 0 Å². The Morgan fingerprint density at radius 2 is 1.95 bits per heavy atom. The van der Waals surface area contributed by atoms with Crippen molar-refractivity contribution < 1.29 is 9.90 Å². The van der Waals surface area contributed by atoms with E-state index in [9.17, 15) is 9.90 Å². The number of hydrogen-bond acceptors (Lipinski definition) is 1. The molecule has 0 saturated heterocycles.